The van der Waals surface area contributed by atoms with Crippen molar-refractivity contribution >= 4 is 0 Å². The van der Waals surface area contributed by atoms with E-state index in [4.69, 9.17) is 0 Å². The Bertz CT molecular complexity index is 308. The molecule has 3 nitrogen and oxygen atoms in total. The molecule has 0 aliphatic carbocycles. The maximum absolute atomic E-state index is 9.68. The van der Waals surface area contributed by atoms with Crippen LogP contribution < -0.4 is 0 Å². The van der Waals surface area contributed by atoms with Gasteiger partial charge in [-0.05, 0) is 32.8 Å². The molecule has 1 aromatic heterocycles. The van der Waals surface area contributed by atoms with E-state index in [1.54, 1.807) is 13.8 Å². The lowest BCUT2D eigenvalue weighted by Crippen LogP contribution is -2.27. The van der Waals surface area contributed by atoms with E-state index in [1.165, 1.54) is 0 Å². The van der Waals surface area contributed by atoms with Gasteiger partial charge in [-0.1, -0.05) is 13.8 Å². The molecule has 1 N–H and O–H groups in total. The van der Waals surface area contributed by atoms with Crippen molar-refractivity contribution in [1.82, 2.24) is 9.78 Å². The van der Waals surface area contributed by atoms with Crippen LogP contribution in [0.15, 0.2) is 6.07 Å². The van der Waals surface area contributed by atoms with Crippen LogP contribution in [-0.4, -0.2) is 20.5 Å². The molecule has 0 unspecified atom stereocenters. The zero-order valence-electron chi connectivity index (χ0n) is 9.70. The number of rotatable bonds is 3. The predicted octanol–water partition coefficient (Wildman–Crippen LogP) is 2.09. The summed E-state index contributed by atoms with van der Waals surface area (Å²) in [4.78, 5) is 0. The van der Waals surface area contributed by atoms with E-state index >= 15 is 0 Å². The zero-order valence-corrected chi connectivity index (χ0v) is 9.70. The van der Waals surface area contributed by atoms with E-state index < -0.39 is 5.60 Å². The van der Waals surface area contributed by atoms with Crippen LogP contribution in [0.3, 0.4) is 0 Å². The Morgan fingerprint density at radius 2 is 2.07 bits per heavy atom. The van der Waals surface area contributed by atoms with Crippen LogP contribution in [-0.2, 0) is 6.54 Å². The lowest BCUT2D eigenvalue weighted by molar-refractivity contribution is 0.0569. The Morgan fingerprint density at radius 3 is 2.43 bits per heavy atom. The Balaban J connectivity index is 2.88. The Labute approximate surface area is 85.8 Å². The average Bonchev–Trinajstić information content (AvgIpc) is 2.29. The largest absolute Gasteiger partial charge is 0.389 e. The van der Waals surface area contributed by atoms with Gasteiger partial charge < -0.3 is 5.11 Å². The zero-order chi connectivity index (χ0) is 10.9. The minimum Gasteiger partial charge on any atom is -0.389 e. The van der Waals surface area contributed by atoms with E-state index in [2.05, 4.69) is 25.0 Å². The molecule has 0 amide bonds. The van der Waals surface area contributed by atoms with Crippen LogP contribution in [0.1, 0.15) is 45.0 Å². The minimum atomic E-state index is -0.703. The van der Waals surface area contributed by atoms with Crippen molar-refractivity contribution in [2.24, 2.45) is 0 Å². The molecule has 1 heterocycles. The summed E-state index contributed by atoms with van der Waals surface area (Å²) in [5.41, 5.74) is 1.49. The summed E-state index contributed by atoms with van der Waals surface area (Å²) < 4.78 is 1.87. The van der Waals surface area contributed by atoms with Gasteiger partial charge in [0.2, 0.25) is 0 Å². The number of aryl methyl sites for hydroxylation is 1. The van der Waals surface area contributed by atoms with E-state index in [9.17, 15) is 5.11 Å². The molecule has 1 aromatic rings. The van der Waals surface area contributed by atoms with Crippen molar-refractivity contribution in [3.8, 4) is 0 Å². The number of aliphatic hydroxyl groups is 1. The summed E-state index contributed by atoms with van der Waals surface area (Å²) in [6.07, 6.45) is 0. The molecular weight excluding hydrogens is 176 g/mol. The third kappa shape index (κ3) is 2.84. The van der Waals surface area contributed by atoms with Crippen LogP contribution in [0.25, 0.3) is 0 Å². The molecule has 0 aromatic carbocycles. The highest BCUT2D eigenvalue weighted by Gasteiger charge is 2.16. The number of hydrogen-bond donors (Lipinski definition) is 1. The molecule has 3 heteroatoms. The highest BCUT2D eigenvalue weighted by Crippen LogP contribution is 2.15. The van der Waals surface area contributed by atoms with E-state index in [1.807, 2.05) is 11.6 Å². The number of hydrogen-bond acceptors (Lipinski definition) is 2. The summed E-state index contributed by atoms with van der Waals surface area (Å²) in [6, 6.07) is 2.08. The fraction of sp³-hybridized carbons (Fsp3) is 0.727. The second-order valence-electron chi connectivity index (χ2n) is 4.84. The lowest BCUT2D eigenvalue weighted by Gasteiger charge is -2.17. The minimum absolute atomic E-state index is 0.441. The van der Waals surface area contributed by atoms with Crippen LogP contribution in [0, 0.1) is 6.92 Å². The SMILES string of the molecule is Cc1cc(C(C)C)nn1CC(C)(C)O. The molecule has 0 radical (unpaired) electrons. The molecule has 0 saturated heterocycles. The van der Waals surface area contributed by atoms with Crippen LogP contribution in [0.2, 0.25) is 0 Å². The second-order valence-corrected chi connectivity index (χ2v) is 4.84. The molecule has 14 heavy (non-hydrogen) atoms. The van der Waals surface area contributed by atoms with E-state index in [-0.39, 0.29) is 0 Å². The van der Waals surface area contributed by atoms with Crippen molar-refractivity contribution < 1.29 is 5.11 Å². The molecule has 0 fully saturated rings. The van der Waals surface area contributed by atoms with Gasteiger partial charge in [-0.3, -0.25) is 4.68 Å². The first-order valence-corrected chi connectivity index (χ1v) is 5.06. The van der Waals surface area contributed by atoms with Gasteiger partial charge in [0.15, 0.2) is 0 Å². The first-order chi connectivity index (χ1) is 6.29. The summed E-state index contributed by atoms with van der Waals surface area (Å²) in [5.74, 6) is 0.441. The topological polar surface area (TPSA) is 38.0 Å². The molecule has 80 valence electrons. The van der Waals surface area contributed by atoms with Crippen molar-refractivity contribution in [2.45, 2.75) is 52.7 Å². The number of aromatic nitrogens is 2. The Morgan fingerprint density at radius 1 is 1.50 bits per heavy atom. The molecule has 0 aliphatic heterocycles. The van der Waals surface area contributed by atoms with Crippen molar-refractivity contribution in [3.05, 3.63) is 17.5 Å². The maximum Gasteiger partial charge on any atom is 0.0786 e. The molecule has 1 rings (SSSR count). The summed E-state index contributed by atoms with van der Waals surface area (Å²) >= 11 is 0. The smallest absolute Gasteiger partial charge is 0.0786 e. The molecule has 0 aliphatic rings. The van der Waals surface area contributed by atoms with Crippen molar-refractivity contribution in [2.75, 3.05) is 0 Å². The van der Waals surface area contributed by atoms with E-state index in [0.29, 0.717) is 12.5 Å². The van der Waals surface area contributed by atoms with Gasteiger partial charge in [-0.2, -0.15) is 5.10 Å². The maximum atomic E-state index is 9.68. The van der Waals surface area contributed by atoms with Gasteiger partial charge in [0.05, 0.1) is 17.8 Å². The van der Waals surface area contributed by atoms with Gasteiger partial charge in [-0.15, -0.1) is 0 Å². The summed E-state index contributed by atoms with van der Waals surface area (Å²) in [5, 5.41) is 14.1. The normalized spacial score (nSPS) is 12.5. The average molecular weight is 196 g/mol. The standard InChI is InChI=1S/C11H20N2O/c1-8(2)10-6-9(3)13(12-10)7-11(4,5)14/h6,8,14H,7H2,1-5H3. The lowest BCUT2D eigenvalue weighted by atomic mass is 10.1. The van der Waals surface area contributed by atoms with Gasteiger partial charge in [-0.25, -0.2) is 0 Å². The third-order valence-electron chi connectivity index (χ3n) is 2.13. The molecule has 0 atom stereocenters. The molecular formula is C11H20N2O. The number of nitrogens with zero attached hydrogens (tertiary/aromatic N) is 2. The fourth-order valence-corrected chi connectivity index (χ4v) is 1.34. The van der Waals surface area contributed by atoms with Gasteiger partial charge in [0, 0.05) is 5.69 Å². The monoisotopic (exact) mass is 196 g/mol. The third-order valence-corrected chi connectivity index (χ3v) is 2.13. The predicted molar refractivity (Wildman–Crippen MR) is 57.4 cm³/mol. The summed E-state index contributed by atoms with van der Waals surface area (Å²) in [7, 11) is 0. The summed E-state index contributed by atoms with van der Waals surface area (Å²) in [6.45, 7) is 10.4. The molecule has 0 bridgehead atoms. The second kappa shape index (κ2) is 3.73. The highest BCUT2D eigenvalue weighted by atomic mass is 16.3. The molecule has 0 spiro atoms. The Hall–Kier alpha value is -0.830. The Kier molecular flexibility index (Phi) is 3.00. The van der Waals surface area contributed by atoms with Gasteiger partial charge in [0.25, 0.3) is 0 Å². The quantitative estimate of drug-likeness (QED) is 0.803. The van der Waals surface area contributed by atoms with Crippen molar-refractivity contribution in [3.63, 3.8) is 0 Å². The van der Waals surface area contributed by atoms with Crippen LogP contribution in [0.5, 0.6) is 0 Å². The molecule has 0 saturated carbocycles. The van der Waals surface area contributed by atoms with E-state index in [0.717, 1.165) is 11.4 Å². The van der Waals surface area contributed by atoms with Crippen molar-refractivity contribution in [1.29, 1.82) is 0 Å². The first kappa shape index (κ1) is 11.2. The highest BCUT2D eigenvalue weighted by molar-refractivity contribution is 5.12. The first-order valence-electron chi connectivity index (χ1n) is 5.06. The fourth-order valence-electron chi connectivity index (χ4n) is 1.34. The van der Waals surface area contributed by atoms with Crippen LogP contribution >= 0.6 is 0 Å². The van der Waals surface area contributed by atoms with Gasteiger partial charge >= 0.3 is 0 Å². The van der Waals surface area contributed by atoms with Gasteiger partial charge in [0.1, 0.15) is 0 Å². The van der Waals surface area contributed by atoms with Crippen LogP contribution in [0.4, 0.5) is 0 Å².